The Morgan fingerprint density at radius 2 is 1.94 bits per heavy atom. The number of fused-ring (bicyclic) bond motifs is 1. The second kappa shape index (κ2) is 10.6. The summed E-state index contributed by atoms with van der Waals surface area (Å²) >= 11 is 0. The van der Waals surface area contributed by atoms with E-state index in [2.05, 4.69) is 39.2 Å². The molecule has 3 heteroatoms. The van der Waals surface area contributed by atoms with Crippen molar-refractivity contribution in [3.05, 3.63) is 48.1 Å². The highest BCUT2D eigenvalue weighted by Gasteiger charge is 2.50. The molecule has 0 radical (unpaired) electrons. The van der Waals surface area contributed by atoms with Crippen LogP contribution in [0, 0.1) is 29.1 Å². The third-order valence-corrected chi connectivity index (χ3v) is 9.21. The van der Waals surface area contributed by atoms with Gasteiger partial charge >= 0.3 is 0 Å². The lowest BCUT2D eigenvalue weighted by Crippen LogP contribution is -2.38. The van der Waals surface area contributed by atoms with Crippen LogP contribution in [0.25, 0.3) is 0 Å². The van der Waals surface area contributed by atoms with E-state index in [1.54, 1.807) is 11.6 Å². The minimum atomic E-state index is -0.700. The number of aliphatic hydroxyl groups excluding tert-OH is 2. The van der Waals surface area contributed by atoms with Crippen LogP contribution in [0.15, 0.2) is 48.1 Å². The van der Waals surface area contributed by atoms with Gasteiger partial charge in [-0.15, -0.1) is 6.58 Å². The van der Waals surface area contributed by atoms with Crippen molar-refractivity contribution in [1.82, 2.24) is 0 Å². The number of aliphatic hydroxyl groups is 3. The molecular formula is C30H48O3. The van der Waals surface area contributed by atoms with Gasteiger partial charge in [-0.3, -0.25) is 0 Å². The molecule has 0 saturated heterocycles. The number of allylic oxidation sites excluding steroid dienone is 4. The fourth-order valence-corrected chi connectivity index (χ4v) is 7.30. The molecule has 3 rings (SSSR count). The Balaban J connectivity index is 1.71. The molecule has 3 nitrogen and oxygen atoms in total. The van der Waals surface area contributed by atoms with Crippen molar-refractivity contribution in [2.24, 2.45) is 29.1 Å². The van der Waals surface area contributed by atoms with Gasteiger partial charge in [0, 0.05) is 5.92 Å². The first-order valence-corrected chi connectivity index (χ1v) is 13.3. The van der Waals surface area contributed by atoms with E-state index < -0.39 is 17.8 Å². The summed E-state index contributed by atoms with van der Waals surface area (Å²) in [4.78, 5) is 0. The lowest BCUT2D eigenvalue weighted by molar-refractivity contribution is 0.0201. The first kappa shape index (κ1) is 26.4. The fraction of sp³-hybridized carbons (Fsp3) is 0.733. The Kier molecular flexibility index (Phi) is 8.51. The van der Waals surface area contributed by atoms with E-state index >= 15 is 0 Å². The zero-order chi connectivity index (χ0) is 24.4. The van der Waals surface area contributed by atoms with E-state index in [0.29, 0.717) is 30.1 Å². The molecule has 0 bridgehead atoms. The largest absolute Gasteiger partial charge is 0.392 e. The van der Waals surface area contributed by atoms with Gasteiger partial charge in [-0.2, -0.15) is 0 Å². The summed E-state index contributed by atoms with van der Waals surface area (Å²) in [6.07, 6.45) is 15.5. The van der Waals surface area contributed by atoms with Gasteiger partial charge in [0.25, 0.3) is 0 Å². The maximum absolute atomic E-state index is 10.7. The van der Waals surface area contributed by atoms with E-state index in [0.717, 1.165) is 36.3 Å². The van der Waals surface area contributed by atoms with Crippen molar-refractivity contribution in [2.75, 3.05) is 0 Å². The molecule has 0 aliphatic heterocycles. The zero-order valence-corrected chi connectivity index (χ0v) is 21.5. The molecule has 0 amide bonds. The van der Waals surface area contributed by atoms with E-state index in [-0.39, 0.29) is 5.92 Å². The molecule has 3 aliphatic rings. The summed E-state index contributed by atoms with van der Waals surface area (Å²) in [5, 5.41) is 31.3. The zero-order valence-electron chi connectivity index (χ0n) is 21.5. The second-order valence-electron chi connectivity index (χ2n) is 12.1. The average molecular weight is 457 g/mol. The molecule has 0 spiro atoms. The Morgan fingerprint density at radius 1 is 1.21 bits per heavy atom. The van der Waals surface area contributed by atoms with Crippen LogP contribution in [-0.4, -0.2) is 33.1 Å². The number of hydrogen-bond acceptors (Lipinski definition) is 3. The standard InChI is InChI=1S/C30H48O3/c1-7-10-24-27(31)19-23(21(3)28(24)32)14-13-22-12-9-18-30(6)25(15-16-26(22)30)20(2)11-8-17-29(4,5)33/h7,13-14,20,24-28,31-33H,1,3,8-12,15-19H2,2,4-6H3/b22-13+,23-14-/t20-,24-,25-,26+,27-,28-,30-/m1/s1. The highest BCUT2D eigenvalue weighted by atomic mass is 16.3. The van der Waals surface area contributed by atoms with Crippen molar-refractivity contribution < 1.29 is 15.3 Å². The van der Waals surface area contributed by atoms with Crippen LogP contribution < -0.4 is 0 Å². The van der Waals surface area contributed by atoms with Gasteiger partial charge in [0.15, 0.2) is 0 Å². The molecule has 0 aromatic carbocycles. The molecule has 7 atom stereocenters. The van der Waals surface area contributed by atoms with Crippen LogP contribution in [0.2, 0.25) is 0 Å². The van der Waals surface area contributed by atoms with Crippen LogP contribution in [0.3, 0.4) is 0 Å². The monoisotopic (exact) mass is 456 g/mol. The molecule has 0 heterocycles. The smallest absolute Gasteiger partial charge is 0.0842 e. The third kappa shape index (κ3) is 5.92. The highest BCUT2D eigenvalue weighted by molar-refractivity contribution is 5.39. The molecule has 0 unspecified atom stereocenters. The van der Waals surface area contributed by atoms with Crippen molar-refractivity contribution in [3.8, 4) is 0 Å². The third-order valence-electron chi connectivity index (χ3n) is 9.21. The minimum Gasteiger partial charge on any atom is -0.392 e. The van der Waals surface area contributed by atoms with Gasteiger partial charge < -0.3 is 15.3 Å². The maximum Gasteiger partial charge on any atom is 0.0842 e. The van der Waals surface area contributed by atoms with Crippen molar-refractivity contribution in [2.45, 2.75) is 110 Å². The summed E-state index contributed by atoms with van der Waals surface area (Å²) in [6, 6.07) is 0. The van der Waals surface area contributed by atoms with Gasteiger partial charge in [0.2, 0.25) is 0 Å². The van der Waals surface area contributed by atoms with Crippen LogP contribution in [0.1, 0.15) is 91.9 Å². The summed E-state index contributed by atoms with van der Waals surface area (Å²) in [5.41, 5.74) is 3.09. The predicted octanol–water partition coefficient (Wildman–Crippen LogP) is 6.51. The SMILES string of the molecule is C=CC[C@@H]1[C@H](O)C/C(=C/C=C2\CCC[C@]3(C)[C@@H]([C@H](C)CCCC(C)(C)O)CC[C@@H]23)C(=C)[C@H]1O. The first-order chi connectivity index (χ1) is 15.5. The lowest BCUT2D eigenvalue weighted by Gasteiger charge is -2.44. The minimum absolute atomic E-state index is 0.203. The van der Waals surface area contributed by atoms with Gasteiger partial charge in [-0.1, -0.05) is 57.1 Å². The predicted molar refractivity (Wildman–Crippen MR) is 138 cm³/mol. The van der Waals surface area contributed by atoms with E-state index in [1.165, 1.54) is 32.1 Å². The summed E-state index contributed by atoms with van der Waals surface area (Å²) in [6.45, 7) is 16.7. The molecule has 3 saturated carbocycles. The second-order valence-corrected chi connectivity index (χ2v) is 12.1. The summed E-state index contributed by atoms with van der Waals surface area (Å²) in [5.74, 6) is 1.86. The molecule has 3 aliphatic carbocycles. The Bertz CT molecular complexity index is 770. The molecule has 3 N–H and O–H groups in total. The lowest BCUT2D eigenvalue weighted by atomic mass is 9.60. The Morgan fingerprint density at radius 3 is 2.61 bits per heavy atom. The molecule has 0 aromatic rings. The number of hydrogen-bond donors (Lipinski definition) is 3. The molecule has 186 valence electrons. The summed E-state index contributed by atoms with van der Waals surface area (Å²) in [7, 11) is 0. The van der Waals surface area contributed by atoms with Crippen LogP contribution in [-0.2, 0) is 0 Å². The first-order valence-electron chi connectivity index (χ1n) is 13.3. The van der Waals surface area contributed by atoms with E-state index in [4.69, 9.17) is 0 Å². The highest BCUT2D eigenvalue weighted by Crippen LogP contribution is 2.60. The molecule has 3 fully saturated rings. The quantitative estimate of drug-likeness (QED) is 0.365. The number of rotatable bonds is 8. The normalized spacial score (nSPS) is 38.5. The molecule has 33 heavy (non-hydrogen) atoms. The fourth-order valence-electron chi connectivity index (χ4n) is 7.30. The van der Waals surface area contributed by atoms with Gasteiger partial charge in [-0.05, 0) is 99.5 Å². The van der Waals surface area contributed by atoms with Crippen LogP contribution >= 0.6 is 0 Å². The topological polar surface area (TPSA) is 60.7 Å². The van der Waals surface area contributed by atoms with Crippen LogP contribution in [0.5, 0.6) is 0 Å². The Hall–Kier alpha value is -1.16. The molecule has 0 aromatic heterocycles. The van der Waals surface area contributed by atoms with Crippen LogP contribution in [0.4, 0.5) is 0 Å². The van der Waals surface area contributed by atoms with E-state index in [9.17, 15) is 15.3 Å². The van der Waals surface area contributed by atoms with Crippen molar-refractivity contribution >= 4 is 0 Å². The Labute approximate surface area is 202 Å². The van der Waals surface area contributed by atoms with Crippen molar-refractivity contribution in [1.29, 1.82) is 0 Å². The van der Waals surface area contributed by atoms with Gasteiger partial charge in [0.05, 0.1) is 17.8 Å². The van der Waals surface area contributed by atoms with Gasteiger partial charge in [0.1, 0.15) is 0 Å². The average Bonchev–Trinajstić information content (AvgIpc) is 3.09. The van der Waals surface area contributed by atoms with Gasteiger partial charge in [-0.25, -0.2) is 0 Å². The maximum atomic E-state index is 10.7. The summed E-state index contributed by atoms with van der Waals surface area (Å²) < 4.78 is 0. The van der Waals surface area contributed by atoms with E-state index in [1.807, 2.05) is 13.8 Å². The van der Waals surface area contributed by atoms with Crippen molar-refractivity contribution in [3.63, 3.8) is 0 Å². The molecular weight excluding hydrogens is 408 g/mol.